The lowest BCUT2D eigenvalue weighted by Crippen LogP contribution is -2.37. The molecule has 0 saturated heterocycles. The molecular weight excluding hydrogens is 279 g/mol. The van der Waals surface area contributed by atoms with Crippen molar-refractivity contribution in [1.82, 2.24) is 15.2 Å². The Morgan fingerprint density at radius 3 is 2.85 bits per heavy atom. The fourth-order valence-electron chi connectivity index (χ4n) is 2.17. The van der Waals surface area contributed by atoms with Crippen LogP contribution in [0.25, 0.3) is 0 Å². The van der Waals surface area contributed by atoms with E-state index in [1.807, 2.05) is 17.8 Å². The third-order valence-corrected chi connectivity index (χ3v) is 3.74. The summed E-state index contributed by atoms with van der Waals surface area (Å²) in [5.74, 6) is 5.26. The summed E-state index contributed by atoms with van der Waals surface area (Å²) in [6, 6.07) is 6.50. The largest absolute Gasteiger partial charge is 0.273 e. The van der Waals surface area contributed by atoms with Gasteiger partial charge in [0.05, 0.1) is 0 Å². The Bertz CT molecular complexity index is 570. The minimum atomic E-state index is -0.328. The first-order valence-corrected chi connectivity index (χ1v) is 6.85. The number of halogens is 2. The van der Waals surface area contributed by atoms with Gasteiger partial charge in [0.15, 0.2) is 0 Å². The molecule has 2 rings (SSSR count). The van der Waals surface area contributed by atoms with E-state index in [9.17, 15) is 4.39 Å². The molecule has 0 radical (unpaired) electrons. The predicted molar refractivity (Wildman–Crippen MR) is 77.8 cm³/mol. The van der Waals surface area contributed by atoms with E-state index in [2.05, 4.69) is 10.5 Å². The van der Waals surface area contributed by atoms with Crippen molar-refractivity contribution in [3.63, 3.8) is 0 Å². The molecule has 1 unspecified atom stereocenters. The highest BCUT2D eigenvalue weighted by molar-refractivity contribution is 6.31. The number of nitrogens with zero attached hydrogens (tertiary/aromatic N) is 2. The van der Waals surface area contributed by atoms with Crippen LogP contribution >= 0.6 is 11.6 Å². The standard InChI is InChI=1S/C14H18ClFN4/c1-20-13(6-7-18-20)5-4-12(19-17)8-10-2-3-11(16)9-14(10)15/h2-3,6-7,9,12,19H,4-5,8,17H2,1H3. The summed E-state index contributed by atoms with van der Waals surface area (Å²) in [5, 5.41) is 4.57. The molecule has 0 amide bonds. The zero-order valence-corrected chi connectivity index (χ0v) is 12.1. The van der Waals surface area contributed by atoms with Crippen molar-refractivity contribution in [3.8, 4) is 0 Å². The number of aromatic nitrogens is 2. The normalized spacial score (nSPS) is 12.6. The van der Waals surface area contributed by atoms with Gasteiger partial charge >= 0.3 is 0 Å². The van der Waals surface area contributed by atoms with Gasteiger partial charge in [-0.25, -0.2) is 4.39 Å². The summed E-state index contributed by atoms with van der Waals surface area (Å²) in [4.78, 5) is 0. The van der Waals surface area contributed by atoms with Crippen LogP contribution in [-0.4, -0.2) is 15.8 Å². The molecule has 6 heteroatoms. The van der Waals surface area contributed by atoms with Crippen LogP contribution in [-0.2, 0) is 19.9 Å². The van der Waals surface area contributed by atoms with Crippen LogP contribution in [0.4, 0.5) is 4.39 Å². The molecule has 0 fully saturated rings. The van der Waals surface area contributed by atoms with Gasteiger partial charge in [-0.15, -0.1) is 0 Å². The second-order valence-corrected chi connectivity index (χ2v) is 5.20. The number of hydrazine groups is 1. The van der Waals surface area contributed by atoms with E-state index in [0.717, 1.165) is 24.1 Å². The molecule has 0 aliphatic rings. The average molecular weight is 297 g/mol. The number of aryl methyl sites for hydroxylation is 2. The predicted octanol–water partition coefficient (Wildman–Crippen LogP) is 2.22. The molecule has 0 spiro atoms. The highest BCUT2D eigenvalue weighted by atomic mass is 35.5. The van der Waals surface area contributed by atoms with Crippen LogP contribution in [0.15, 0.2) is 30.5 Å². The van der Waals surface area contributed by atoms with Gasteiger partial charge < -0.3 is 0 Å². The molecule has 1 aromatic heterocycles. The highest BCUT2D eigenvalue weighted by Crippen LogP contribution is 2.19. The van der Waals surface area contributed by atoms with E-state index in [0.29, 0.717) is 11.4 Å². The molecule has 20 heavy (non-hydrogen) atoms. The molecule has 0 saturated carbocycles. The third kappa shape index (κ3) is 3.79. The van der Waals surface area contributed by atoms with E-state index in [-0.39, 0.29) is 11.9 Å². The molecule has 1 heterocycles. The van der Waals surface area contributed by atoms with Crippen LogP contribution in [0.5, 0.6) is 0 Å². The van der Waals surface area contributed by atoms with Crippen molar-refractivity contribution in [1.29, 1.82) is 0 Å². The summed E-state index contributed by atoms with van der Waals surface area (Å²) in [6.07, 6.45) is 4.15. The first-order valence-electron chi connectivity index (χ1n) is 6.47. The summed E-state index contributed by atoms with van der Waals surface area (Å²) >= 11 is 6.03. The average Bonchev–Trinajstić information content (AvgIpc) is 2.82. The van der Waals surface area contributed by atoms with Crippen LogP contribution < -0.4 is 11.3 Å². The van der Waals surface area contributed by atoms with Crippen molar-refractivity contribution < 1.29 is 4.39 Å². The first kappa shape index (κ1) is 15.0. The van der Waals surface area contributed by atoms with Crippen molar-refractivity contribution in [2.75, 3.05) is 0 Å². The molecule has 4 nitrogen and oxygen atoms in total. The SMILES string of the molecule is Cn1nccc1CCC(Cc1ccc(F)cc1Cl)NN. The zero-order chi connectivity index (χ0) is 14.5. The summed E-state index contributed by atoms with van der Waals surface area (Å²) in [5.41, 5.74) is 4.83. The number of rotatable bonds is 6. The van der Waals surface area contributed by atoms with Gasteiger partial charge in [-0.2, -0.15) is 5.10 Å². The molecule has 0 bridgehead atoms. The number of nitrogens with two attached hydrogens (primary N) is 1. The van der Waals surface area contributed by atoms with Gasteiger partial charge in [-0.05, 0) is 43.0 Å². The molecular formula is C14H18ClFN4. The zero-order valence-electron chi connectivity index (χ0n) is 11.3. The maximum Gasteiger partial charge on any atom is 0.124 e. The van der Waals surface area contributed by atoms with Gasteiger partial charge in [0, 0.05) is 30.0 Å². The van der Waals surface area contributed by atoms with Crippen LogP contribution in [0.3, 0.4) is 0 Å². The monoisotopic (exact) mass is 296 g/mol. The maximum absolute atomic E-state index is 13.0. The van der Waals surface area contributed by atoms with E-state index in [1.54, 1.807) is 12.3 Å². The Kier molecular flexibility index (Phi) is 5.11. The second kappa shape index (κ2) is 6.83. The molecule has 2 aromatic rings. The Morgan fingerprint density at radius 2 is 2.25 bits per heavy atom. The van der Waals surface area contributed by atoms with E-state index in [4.69, 9.17) is 17.4 Å². The third-order valence-electron chi connectivity index (χ3n) is 3.39. The fourth-order valence-corrected chi connectivity index (χ4v) is 2.41. The van der Waals surface area contributed by atoms with Gasteiger partial charge in [-0.1, -0.05) is 17.7 Å². The number of nitrogens with one attached hydrogen (secondary N) is 1. The van der Waals surface area contributed by atoms with Crippen molar-refractivity contribution in [2.45, 2.75) is 25.3 Å². The van der Waals surface area contributed by atoms with Crippen molar-refractivity contribution in [3.05, 3.63) is 52.6 Å². The highest BCUT2D eigenvalue weighted by Gasteiger charge is 2.12. The smallest absolute Gasteiger partial charge is 0.124 e. The number of hydrogen-bond donors (Lipinski definition) is 2. The molecule has 1 atom stereocenters. The van der Waals surface area contributed by atoms with Gasteiger partial charge in [0.25, 0.3) is 0 Å². The minimum Gasteiger partial charge on any atom is -0.273 e. The number of benzene rings is 1. The first-order chi connectivity index (χ1) is 9.60. The van der Waals surface area contributed by atoms with E-state index >= 15 is 0 Å². The Hall–Kier alpha value is -1.43. The fraction of sp³-hybridized carbons (Fsp3) is 0.357. The summed E-state index contributed by atoms with van der Waals surface area (Å²) < 4.78 is 14.9. The van der Waals surface area contributed by atoms with Crippen LogP contribution in [0.2, 0.25) is 5.02 Å². The minimum absolute atomic E-state index is 0.0767. The summed E-state index contributed by atoms with van der Waals surface area (Å²) in [7, 11) is 1.91. The van der Waals surface area contributed by atoms with Crippen molar-refractivity contribution >= 4 is 11.6 Å². The lowest BCUT2D eigenvalue weighted by molar-refractivity contribution is 0.483. The molecule has 0 aliphatic heterocycles. The molecule has 3 N–H and O–H groups in total. The topological polar surface area (TPSA) is 55.9 Å². The Labute approximate surface area is 122 Å². The van der Waals surface area contributed by atoms with E-state index in [1.165, 1.54) is 12.1 Å². The second-order valence-electron chi connectivity index (χ2n) is 4.79. The van der Waals surface area contributed by atoms with E-state index < -0.39 is 0 Å². The van der Waals surface area contributed by atoms with Crippen LogP contribution in [0, 0.1) is 5.82 Å². The van der Waals surface area contributed by atoms with Gasteiger partial charge in [0.1, 0.15) is 5.82 Å². The summed E-state index contributed by atoms with van der Waals surface area (Å²) in [6.45, 7) is 0. The lowest BCUT2D eigenvalue weighted by Gasteiger charge is -2.16. The Morgan fingerprint density at radius 1 is 1.45 bits per heavy atom. The Balaban J connectivity index is 1.97. The van der Waals surface area contributed by atoms with Gasteiger partial charge in [0.2, 0.25) is 0 Å². The van der Waals surface area contributed by atoms with Crippen LogP contribution in [0.1, 0.15) is 17.7 Å². The number of hydrogen-bond acceptors (Lipinski definition) is 3. The molecule has 108 valence electrons. The quantitative estimate of drug-likeness (QED) is 0.635. The lowest BCUT2D eigenvalue weighted by atomic mass is 10.0. The van der Waals surface area contributed by atoms with Gasteiger partial charge in [-0.3, -0.25) is 16.0 Å². The molecule has 0 aliphatic carbocycles. The maximum atomic E-state index is 13.0. The molecule has 1 aromatic carbocycles. The van der Waals surface area contributed by atoms with Crippen molar-refractivity contribution in [2.24, 2.45) is 12.9 Å².